The lowest BCUT2D eigenvalue weighted by Crippen LogP contribution is -2.46. The summed E-state index contributed by atoms with van der Waals surface area (Å²) in [5.74, 6) is -0.744. The quantitative estimate of drug-likeness (QED) is 0.644. The molecular weight excluding hydrogens is 246 g/mol. The molecule has 0 aliphatic carbocycles. The maximum atomic E-state index is 12.2. The summed E-state index contributed by atoms with van der Waals surface area (Å²) in [5.41, 5.74) is 5.11. The van der Waals surface area contributed by atoms with Gasteiger partial charge in [-0.05, 0) is 19.8 Å². The number of carbonyl (C=O) groups is 3. The minimum atomic E-state index is -0.526. The topological polar surface area (TPSA) is 92.5 Å². The molecule has 2 unspecified atom stereocenters. The highest BCUT2D eigenvalue weighted by Gasteiger charge is 2.41. The number of imide groups is 1. The van der Waals surface area contributed by atoms with Crippen LogP contribution in [0.15, 0.2) is 0 Å². The van der Waals surface area contributed by atoms with Crippen molar-refractivity contribution in [3.8, 4) is 0 Å². The third kappa shape index (κ3) is 3.76. The Labute approximate surface area is 113 Å². The minimum absolute atomic E-state index is 0.0294. The monoisotopic (exact) mass is 269 g/mol. The molecule has 1 saturated heterocycles. The van der Waals surface area contributed by atoms with E-state index in [0.717, 1.165) is 12.8 Å². The normalized spacial score (nSPS) is 21.3. The maximum Gasteiger partial charge on any atom is 0.247 e. The van der Waals surface area contributed by atoms with Crippen LogP contribution in [-0.4, -0.2) is 40.7 Å². The molecule has 1 fully saturated rings. The number of primary amides is 1. The second-order valence-electron chi connectivity index (χ2n) is 5.07. The predicted octanol–water partition coefficient (Wildman–Crippen LogP) is 0.156. The number of carbonyl (C=O) groups excluding carboxylic acids is 3. The molecule has 3 N–H and O–H groups in total. The molecule has 0 aromatic rings. The number of likely N-dealkylation sites (tertiary alicyclic amines) is 1. The van der Waals surface area contributed by atoms with Gasteiger partial charge in [-0.25, -0.2) is 0 Å². The van der Waals surface area contributed by atoms with E-state index in [-0.39, 0.29) is 36.7 Å². The van der Waals surface area contributed by atoms with Crippen molar-refractivity contribution in [1.82, 2.24) is 10.2 Å². The first-order valence-corrected chi connectivity index (χ1v) is 6.80. The molecule has 6 nitrogen and oxygen atoms in total. The molecule has 6 heteroatoms. The van der Waals surface area contributed by atoms with Gasteiger partial charge in [-0.1, -0.05) is 13.8 Å². The molecule has 0 aromatic heterocycles. The Morgan fingerprint density at radius 2 is 2.00 bits per heavy atom. The summed E-state index contributed by atoms with van der Waals surface area (Å²) in [6, 6.07) is -0.762. The zero-order chi connectivity index (χ0) is 14.6. The van der Waals surface area contributed by atoms with E-state index in [1.807, 2.05) is 13.8 Å². The van der Waals surface area contributed by atoms with Gasteiger partial charge in [-0.2, -0.15) is 0 Å². The standard InChI is InChI=1S/C13H23N3O3/c1-4-9(5-2)16-12(18)7-10(13(16)19)15-8(3)6-11(14)17/h8-10,15H,4-7H2,1-3H3,(H2,14,17). The fourth-order valence-corrected chi connectivity index (χ4v) is 2.52. The summed E-state index contributed by atoms with van der Waals surface area (Å²) < 4.78 is 0. The van der Waals surface area contributed by atoms with Crippen molar-refractivity contribution in [3.63, 3.8) is 0 Å². The summed E-state index contributed by atoms with van der Waals surface area (Å²) in [4.78, 5) is 36.3. The van der Waals surface area contributed by atoms with E-state index < -0.39 is 11.9 Å². The van der Waals surface area contributed by atoms with Gasteiger partial charge in [0.25, 0.3) is 0 Å². The number of nitrogens with one attached hydrogen (secondary N) is 1. The molecule has 0 radical (unpaired) electrons. The van der Waals surface area contributed by atoms with E-state index in [4.69, 9.17) is 5.73 Å². The molecule has 2 atom stereocenters. The second-order valence-corrected chi connectivity index (χ2v) is 5.07. The third-order valence-corrected chi connectivity index (χ3v) is 3.48. The van der Waals surface area contributed by atoms with Crippen LogP contribution in [0.5, 0.6) is 0 Å². The number of rotatable bonds is 7. The summed E-state index contributed by atoms with van der Waals surface area (Å²) in [7, 11) is 0. The van der Waals surface area contributed by atoms with Crippen LogP contribution >= 0.6 is 0 Å². The van der Waals surface area contributed by atoms with Crippen LogP contribution in [0, 0.1) is 0 Å². The van der Waals surface area contributed by atoms with Gasteiger partial charge in [-0.3, -0.25) is 19.3 Å². The van der Waals surface area contributed by atoms with Crippen molar-refractivity contribution in [3.05, 3.63) is 0 Å². The average Bonchev–Trinajstić information content (AvgIpc) is 2.57. The molecule has 0 spiro atoms. The zero-order valence-corrected chi connectivity index (χ0v) is 11.8. The molecule has 108 valence electrons. The Balaban J connectivity index is 2.67. The SMILES string of the molecule is CCC(CC)N1C(=O)CC(NC(C)CC(N)=O)C1=O. The maximum absolute atomic E-state index is 12.2. The van der Waals surface area contributed by atoms with Crippen LogP contribution in [0.25, 0.3) is 0 Å². The highest BCUT2D eigenvalue weighted by atomic mass is 16.2. The van der Waals surface area contributed by atoms with Crippen LogP contribution in [0.1, 0.15) is 46.5 Å². The second kappa shape index (κ2) is 6.65. The number of hydrogen-bond donors (Lipinski definition) is 2. The van der Waals surface area contributed by atoms with E-state index in [9.17, 15) is 14.4 Å². The van der Waals surface area contributed by atoms with Gasteiger partial charge < -0.3 is 11.1 Å². The van der Waals surface area contributed by atoms with E-state index in [1.165, 1.54) is 4.90 Å². The highest BCUT2D eigenvalue weighted by molar-refractivity contribution is 6.05. The van der Waals surface area contributed by atoms with Crippen LogP contribution in [-0.2, 0) is 14.4 Å². The van der Waals surface area contributed by atoms with Crippen molar-refractivity contribution in [2.75, 3.05) is 0 Å². The largest absolute Gasteiger partial charge is 0.370 e. The van der Waals surface area contributed by atoms with Gasteiger partial charge in [0.15, 0.2) is 0 Å². The van der Waals surface area contributed by atoms with E-state index in [2.05, 4.69) is 5.32 Å². The molecular formula is C13H23N3O3. The Bertz CT molecular complexity index is 366. The van der Waals surface area contributed by atoms with Crippen LogP contribution in [0.2, 0.25) is 0 Å². The predicted molar refractivity (Wildman–Crippen MR) is 71.0 cm³/mol. The van der Waals surface area contributed by atoms with Crippen LogP contribution in [0.3, 0.4) is 0 Å². The molecule has 0 bridgehead atoms. The lowest BCUT2D eigenvalue weighted by atomic mass is 10.1. The van der Waals surface area contributed by atoms with Crippen molar-refractivity contribution < 1.29 is 14.4 Å². The number of hydrogen-bond acceptors (Lipinski definition) is 4. The summed E-state index contributed by atoms with van der Waals surface area (Å²) >= 11 is 0. The fraction of sp³-hybridized carbons (Fsp3) is 0.769. The molecule has 0 saturated carbocycles. The van der Waals surface area contributed by atoms with E-state index in [0.29, 0.717) is 0 Å². The van der Waals surface area contributed by atoms with Crippen molar-refractivity contribution in [1.29, 1.82) is 0 Å². The van der Waals surface area contributed by atoms with Crippen molar-refractivity contribution >= 4 is 17.7 Å². The van der Waals surface area contributed by atoms with Crippen LogP contribution in [0.4, 0.5) is 0 Å². The van der Waals surface area contributed by atoms with E-state index >= 15 is 0 Å². The first-order chi connectivity index (χ1) is 8.90. The van der Waals surface area contributed by atoms with Gasteiger partial charge in [0.1, 0.15) is 0 Å². The number of nitrogens with two attached hydrogens (primary N) is 1. The molecule has 1 aliphatic rings. The first-order valence-electron chi connectivity index (χ1n) is 6.80. The molecule has 3 amide bonds. The summed E-state index contributed by atoms with van der Waals surface area (Å²) in [6.45, 7) is 5.71. The molecule has 1 aliphatic heterocycles. The average molecular weight is 269 g/mol. The molecule has 0 aromatic carbocycles. The Hall–Kier alpha value is -1.43. The molecule has 1 heterocycles. The summed E-state index contributed by atoms with van der Waals surface area (Å²) in [5, 5.41) is 3.01. The zero-order valence-electron chi connectivity index (χ0n) is 11.8. The molecule has 19 heavy (non-hydrogen) atoms. The number of amides is 3. The lowest BCUT2D eigenvalue weighted by Gasteiger charge is -2.25. The van der Waals surface area contributed by atoms with Gasteiger partial charge in [-0.15, -0.1) is 0 Å². The van der Waals surface area contributed by atoms with Crippen molar-refractivity contribution in [2.24, 2.45) is 5.73 Å². The van der Waals surface area contributed by atoms with Crippen molar-refractivity contribution in [2.45, 2.75) is 64.6 Å². The minimum Gasteiger partial charge on any atom is -0.370 e. The highest BCUT2D eigenvalue weighted by Crippen LogP contribution is 2.20. The third-order valence-electron chi connectivity index (χ3n) is 3.48. The van der Waals surface area contributed by atoms with Gasteiger partial charge in [0.05, 0.1) is 12.5 Å². The Morgan fingerprint density at radius 3 is 2.47 bits per heavy atom. The first kappa shape index (κ1) is 15.6. The Kier molecular flexibility index (Phi) is 5.47. The lowest BCUT2D eigenvalue weighted by molar-refractivity contribution is -0.142. The summed E-state index contributed by atoms with van der Waals surface area (Å²) in [6.07, 6.45) is 1.84. The van der Waals surface area contributed by atoms with Gasteiger partial charge in [0.2, 0.25) is 17.7 Å². The smallest absolute Gasteiger partial charge is 0.247 e. The van der Waals surface area contributed by atoms with Crippen LogP contribution < -0.4 is 11.1 Å². The Morgan fingerprint density at radius 1 is 1.42 bits per heavy atom. The van der Waals surface area contributed by atoms with Gasteiger partial charge >= 0.3 is 0 Å². The number of nitrogens with zero attached hydrogens (tertiary/aromatic N) is 1. The van der Waals surface area contributed by atoms with E-state index in [1.54, 1.807) is 6.92 Å². The van der Waals surface area contributed by atoms with Gasteiger partial charge in [0, 0.05) is 18.5 Å². The molecule has 1 rings (SSSR count). The fourth-order valence-electron chi connectivity index (χ4n) is 2.52.